The molecule has 3 nitrogen and oxygen atoms in total. The lowest BCUT2D eigenvalue weighted by Gasteiger charge is -2.10. The Morgan fingerprint density at radius 1 is 1.38 bits per heavy atom. The fourth-order valence-corrected chi connectivity index (χ4v) is 2.43. The maximum Gasteiger partial charge on any atom is 0.166 e. The Balaban J connectivity index is 1.69. The molecule has 0 radical (unpaired) electrons. The number of alkyl halides is 1. The van der Waals surface area contributed by atoms with E-state index in [0.29, 0.717) is 13.2 Å². The van der Waals surface area contributed by atoms with E-state index in [1.807, 2.05) is 30.3 Å². The lowest BCUT2D eigenvalue weighted by atomic mass is 10.2. The Bertz CT molecular complexity index is 307. The summed E-state index contributed by atoms with van der Waals surface area (Å²) in [6.07, 6.45) is 0.253. The van der Waals surface area contributed by atoms with Gasteiger partial charge in [0.25, 0.3) is 0 Å². The highest BCUT2D eigenvalue weighted by molar-refractivity contribution is 14.1. The first-order valence-corrected chi connectivity index (χ1v) is 6.59. The quantitative estimate of drug-likeness (QED) is 0.677. The van der Waals surface area contributed by atoms with Crippen LogP contribution in [0.15, 0.2) is 30.3 Å². The normalized spacial score (nSPS) is 29.5. The summed E-state index contributed by atoms with van der Waals surface area (Å²) in [6, 6.07) is 10.0. The molecule has 1 N–H and O–H groups in total. The average molecular weight is 334 g/mol. The van der Waals surface area contributed by atoms with Gasteiger partial charge in [0.05, 0.1) is 23.2 Å². The van der Waals surface area contributed by atoms with Crippen molar-refractivity contribution in [2.75, 3.05) is 6.61 Å². The van der Waals surface area contributed by atoms with Crippen LogP contribution in [0.2, 0.25) is 0 Å². The van der Waals surface area contributed by atoms with Crippen LogP contribution in [0.3, 0.4) is 0 Å². The van der Waals surface area contributed by atoms with E-state index < -0.39 is 6.29 Å². The lowest BCUT2D eigenvalue weighted by molar-refractivity contribution is -0.107. The number of ether oxygens (including phenoxy) is 2. The van der Waals surface area contributed by atoms with Gasteiger partial charge in [-0.25, -0.2) is 0 Å². The van der Waals surface area contributed by atoms with E-state index in [4.69, 9.17) is 9.47 Å². The fraction of sp³-hybridized carbons (Fsp3) is 0.500. The zero-order valence-corrected chi connectivity index (χ0v) is 11.0. The molecule has 1 aliphatic rings. The van der Waals surface area contributed by atoms with Crippen molar-refractivity contribution in [3.05, 3.63) is 35.9 Å². The number of halogens is 1. The predicted molar refractivity (Wildman–Crippen MR) is 69.4 cm³/mol. The summed E-state index contributed by atoms with van der Waals surface area (Å²) in [5, 5.41) is 9.40. The molecule has 0 bridgehead atoms. The molecule has 0 saturated carbocycles. The highest BCUT2D eigenvalue weighted by Gasteiger charge is 2.31. The Kier molecular flexibility index (Phi) is 4.57. The smallest absolute Gasteiger partial charge is 0.166 e. The second-order valence-electron chi connectivity index (χ2n) is 3.90. The van der Waals surface area contributed by atoms with Crippen LogP contribution in [-0.2, 0) is 16.1 Å². The van der Waals surface area contributed by atoms with Crippen molar-refractivity contribution in [3.8, 4) is 0 Å². The van der Waals surface area contributed by atoms with Crippen LogP contribution in [0.4, 0.5) is 0 Å². The molecule has 1 aromatic rings. The van der Waals surface area contributed by atoms with E-state index in [-0.39, 0.29) is 10.0 Å². The maximum atomic E-state index is 9.40. The molecule has 0 spiro atoms. The summed E-state index contributed by atoms with van der Waals surface area (Å²) in [7, 11) is 0. The third-order valence-electron chi connectivity index (χ3n) is 2.54. The van der Waals surface area contributed by atoms with E-state index in [9.17, 15) is 5.11 Å². The molecular formula is C12H15IO3. The first kappa shape index (κ1) is 12.3. The number of rotatable bonds is 4. The van der Waals surface area contributed by atoms with Crippen molar-refractivity contribution in [3.63, 3.8) is 0 Å². The van der Waals surface area contributed by atoms with Gasteiger partial charge in [0.15, 0.2) is 6.29 Å². The van der Waals surface area contributed by atoms with Crippen molar-refractivity contribution in [2.24, 2.45) is 0 Å². The molecular weight excluding hydrogens is 319 g/mol. The minimum atomic E-state index is -0.633. The minimum Gasteiger partial charge on any atom is -0.374 e. The molecule has 1 aromatic carbocycles. The van der Waals surface area contributed by atoms with Crippen LogP contribution in [0, 0.1) is 0 Å². The van der Waals surface area contributed by atoms with Crippen LogP contribution < -0.4 is 0 Å². The van der Waals surface area contributed by atoms with Gasteiger partial charge in [-0.2, -0.15) is 0 Å². The SMILES string of the molecule is O[C@@H]1O[C@H](COCc2ccccc2)C[C@@H]1I. The van der Waals surface area contributed by atoms with Crippen molar-refractivity contribution in [1.82, 2.24) is 0 Å². The summed E-state index contributed by atoms with van der Waals surface area (Å²) >= 11 is 2.21. The molecule has 1 fully saturated rings. The number of aliphatic hydroxyl groups is 1. The Morgan fingerprint density at radius 3 is 2.75 bits per heavy atom. The average Bonchev–Trinajstić information content (AvgIpc) is 2.60. The van der Waals surface area contributed by atoms with Gasteiger partial charge in [-0.05, 0) is 12.0 Å². The van der Waals surface area contributed by atoms with Crippen LogP contribution >= 0.6 is 22.6 Å². The molecule has 2 rings (SSSR count). The predicted octanol–water partition coefficient (Wildman–Crippen LogP) is 2.11. The maximum absolute atomic E-state index is 9.40. The number of benzene rings is 1. The van der Waals surface area contributed by atoms with Crippen LogP contribution in [0.1, 0.15) is 12.0 Å². The molecule has 16 heavy (non-hydrogen) atoms. The van der Waals surface area contributed by atoms with Gasteiger partial charge in [0, 0.05) is 0 Å². The number of hydrogen-bond donors (Lipinski definition) is 1. The van der Waals surface area contributed by atoms with Gasteiger partial charge in [-0.3, -0.25) is 0 Å². The van der Waals surface area contributed by atoms with Gasteiger partial charge in [0.1, 0.15) is 0 Å². The number of hydrogen-bond acceptors (Lipinski definition) is 3. The standard InChI is InChI=1S/C12H15IO3/c13-11-6-10(16-12(11)14)8-15-7-9-4-2-1-3-5-9/h1-5,10-12,14H,6-8H2/t10-,11-,12+/m0/s1. The molecule has 1 saturated heterocycles. The summed E-state index contributed by atoms with van der Waals surface area (Å²) in [5.74, 6) is 0. The fourth-order valence-electron chi connectivity index (χ4n) is 1.70. The second-order valence-corrected chi connectivity index (χ2v) is 5.50. The van der Waals surface area contributed by atoms with E-state index in [1.165, 1.54) is 0 Å². The van der Waals surface area contributed by atoms with Crippen molar-refractivity contribution >= 4 is 22.6 Å². The summed E-state index contributed by atoms with van der Waals surface area (Å²) in [5.41, 5.74) is 1.16. The third-order valence-corrected chi connectivity index (χ3v) is 3.67. The Labute approximate surface area is 109 Å². The zero-order chi connectivity index (χ0) is 11.4. The van der Waals surface area contributed by atoms with E-state index >= 15 is 0 Å². The molecule has 1 aliphatic heterocycles. The van der Waals surface area contributed by atoms with E-state index in [0.717, 1.165) is 12.0 Å². The van der Waals surface area contributed by atoms with Gasteiger partial charge in [-0.1, -0.05) is 52.9 Å². The molecule has 1 heterocycles. The second kappa shape index (κ2) is 5.95. The largest absolute Gasteiger partial charge is 0.374 e. The highest BCUT2D eigenvalue weighted by Crippen LogP contribution is 2.25. The van der Waals surface area contributed by atoms with Crippen molar-refractivity contribution in [2.45, 2.75) is 29.3 Å². The molecule has 0 unspecified atom stereocenters. The first-order chi connectivity index (χ1) is 7.75. The minimum absolute atomic E-state index is 0.0283. The summed E-state index contributed by atoms with van der Waals surface area (Å²) in [4.78, 5) is 0. The molecule has 4 heteroatoms. The van der Waals surface area contributed by atoms with Gasteiger partial charge < -0.3 is 14.6 Å². The Hall–Kier alpha value is -0.170. The first-order valence-electron chi connectivity index (χ1n) is 5.35. The topological polar surface area (TPSA) is 38.7 Å². The highest BCUT2D eigenvalue weighted by atomic mass is 127. The molecule has 3 atom stereocenters. The third kappa shape index (κ3) is 3.41. The lowest BCUT2D eigenvalue weighted by Crippen LogP contribution is -2.17. The van der Waals surface area contributed by atoms with Gasteiger partial charge in [0.2, 0.25) is 0 Å². The summed E-state index contributed by atoms with van der Waals surface area (Å²) < 4.78 is 11.1. The monoisotopic (exact) mass is 334 g/mol. The van der Waals surface area contributed by atoms with E-state index in [1.54, 1.807) is 0 Å². The van der Waals surface area contributed by atoms with Gasteiger partial charge in [-0.15, -0.1) is 0 Å². The van der Waals surface area contributed by atoms with Crippen LogP contribution in [0.5, 0.6) is 0 Å². The van der Waals surface area contributed by atoms with Crippen LogP contribution in [-0.4, -0.2) is 28.0 Å². The van der Waals surface area contributed by atoms with Crippen molar-refractivity contribution < 1.29 is 14.6 Å². The molecule has 0 amide bonds. The Morgan fingerprint density at radius 2 is 2.12 bits per heavy atom. The molecule has 0 aromatic heterocycles. The summed E-state index contributed by atoms with van der Waals surface area (Å²) in [6.45, 7) is 1.15. The van der Waals surface area contributed by atoms with Crippen molar-refractivity contribution in [1.29, 1.82) is 0 Å². The number of aliphatic hydroxyl groups excluding tert-OH is 1. The van der Waals surface area contributed by atoms with Gasteiger partial charge >= 0.3 is 0 Å². The molecule has 88 valence electrons. The van der Waals surface area contributed by atoms with Crippen LogP contribution in [0.25, 0.3) is 0 Å². The van der Waals surface area contributed by atoms with E-state index in [2.05, 4.69) is 22.6 Å². The zero-order valence-electron chi connectivity index (χ0n) is 8.88. The molecule has 0 aliphatic carbocycles.